The van der Waals surface area contributed by atoms with Crippen LogP contribution < -0.4 is 5.32 Å². The van der Waals surface area contributed by atoms with Gasteiger partial charge in [-0.2, -0.15) is 0 Å². The highest BCUT2D eigenvalue weighted by Gasteiger charge is 1.97. The number of nitrogens with zero attached hydrogens (tertiary/aromatic N) is 1. The van der Waals surface area contributed by atoms with Crippen LogP contribution in [0.15, 0.2) is 18.3 Å². The van der Waals surface area contributed by atoms with E-state index < -0.39 is 0 Å². The molecule has 17 heavy (non-hydrogen) atoms. The van der Waals surface area contributed by atoms with Crippen LogP contribution in [0.3, 0.4) is 0 Å². The molecule has 0 saturated heterocycles. The van der Waals surface area contributed by atoms with E-state index in [1.54, 1.807) is 0 Å². The number of pyridine rings is 1. The Labute approximate surface area is 105 Å². The Morgan fingerprint density at radius 1 is 1.35 bits per heavy atom. The SMILES string of the molecule is CCCNc1ccc(COCCC(C)C)cn1. The molecule has 0 radical (unpaired) electrons. The highest BCUT2D eigenvalue weighted by Crippen LogP contribution is 2.07. The van der Waals surface area contributed by atoms with Gasteiger partial charge in [-0.1, -0.05) is 26.8 Å². The van der Waals surface area contributed by atoms with Crippen molar-refractivity contribution in [3.8, 4) is 0 Å². The maximum absolute atomic E-state index is 5.59. The Hall–Kier alpha value is -1.09. The molecule has 1 aromatic rings. The molecular weight excluding hydrogens is 212 g/mol. The standard InChI is InChI=1S/C14H24N2O/c1-4-8-15-14-6-5-13(10-16-14)11-17-9-7-12(2)3/h5-6,10,12H,4,7-9,11H2,1-3H3,(H,15,16). The van der Waals surface area contributed by atoms with Gasteiger partial charge in [0.25, 0.3) is 0 Å². The minimum absolute atomic E-state index is 0.660. The van der Waals surface area contributed by atoms with E-state index in [4.69, 9.17) is 4.74 Å². The molecule has 1 rings (SSSR count). The van der Waals surface area contributed by atoms with Crippen molar-refractivity contribution in [1.82, 2.24) is 4.98 Å². The molecule has 1 aromatic heterocycles. The van der Waals surface area contributed by atoms with Crippen molar-refractivity contribution in [3.05, 3.63) is 23.9 Å². The molecule has 0 fully saturated rings. The summed E-state index contributed by atoms with van der Waals surface area (Å²) >= 11 is 0. The van der Waals surface area contributed by atoms with Gasteiger partial charge in [0, 0.05) is 19.3 Å². The highest BCUT2D eigenvalue weighted by molar-refractivity contribution is 5.35. The molecule has 3 nitrogen and oxygen atoms in total. The summed E-state index contributed by atoms with van der Waals surface area (Å²) in [5.41, 5.74) is 1.14. The lowest BCUT2D eigenvalue weighted by molar-refractivity contribution is 0.110. The van der Waals surface area contributed by atoms with E-state index in [1.807, 2.05) is 12.3 Å². The minimum Gasteiger partial charge on any atom is -0.377 e. The van der Waals surface area contributed by atoms with Gasteiger partial charge in [0.1, 0.15) is 5.82 Å². The topological polar surface area (TPSA) is 34.1 Å². The molecule has 0 amide bonds. The zero-order valence-electron chi connectivity index (χ0n) is 11.2. The number of nitrogens with one attached hydrogen (secondary N) is 1. The third-order valence-electron chi connectivity index (χ3n) is 2.49. The van der Waals surface area contributed by atoms with Crippen molar-refractivity contribution in [1.29, 1.82) is 0 Å². The molecule has 0 aromatic carbocycles. The second kappa shape index (κ2) is 8.07. The second-order valence-corrected chi connectivity index (χ2v) is 4.71. The third kappa shape index (κ3) is 6.27. The summed E-state index contributed by atoms with van der Waals surface area (Å²) < 4.78 is 5.59. The molecule has 0 atom stereocenters. The maximum Gasteiger partial charge on any atom is 0.125 e. The van der Waals surface area contributed by atoms with E-state index in [1.165, 1.54) is 0 Å². The molecule has 0 spiro atoms. The summed E-state index contributed by atoms with van der Waals surface area (Å²) in [6.07, 6.45) is 4.11. The van der Waals surface area contributed by atoms with Crippen LogP contribution in [0.1, 0.15) is 39.2 Å². The van der Waals surface area contributed by atoms with E-state index in [0.29, 0.717) is 12.5 Å². The van der Waals surface area contributed by atoms with Crippen molar-refractivity contribution < 1.29 is 4.74 Å². The molecular formula is C14H24N2O. The lowest BCUT2D eigenvalue weighted by Gasteiger charge is -2.07. The van der Waals surface area contributed by atoms with Gasteiger partial charge in [0.05, 0.1) is 6.61 Å². The summed E-state index contributed by atoms with van der Waals surface area (Å²) in [4.78, 5) is 4.34. The van der Waals surface area contributed by atoms with Gasteiger partial charge in [-0.15, -0.1) is 0 Å². The zero-order valence-corrected chi connectivity index (χ0v) is 11.2. The Kier molecular flexibility index (Phi) is 6.63. The number of rotatable bonds is 8. The van der Waals surface area contributed by atoms with Crippen LogP contribution >= 0.6 is 0 Å². The summed E-state index contributed by atoms with van der Waals surface area (Å²) in [5.74, 6) is 1.64. The van der Waals surface area contributed by atoms with Crippen LogP contribution in [-0.2, 0) is 11.3 Å². The van der Waals surface area contributed by atoms with E-state index >= 15 is 0 Å². The Morgan fingerprint density at radius 2 is 2.18 bits per heavy atom. The number of hydrogen-bond donors (Lipinski definition) is 1. The van der Waals surface area contributed by atoms with Crippen LogP contribution in [0.5, 0.6) is 0 Å². The lowest BCUT2D eigenvalue weighted by Crippen LogP contribution is -2.03. The van der Waals surface area contributed by atoms with Gasteiger partial charge in [0.15, 0.2) is 0 Å². The van der Waals surface area contributed by atoms with Gasteiger partial charge >= 0.3 is 0 Å². The van der Waals surface area contributed by atoms with Crippen LogP contribution in [0.2, 0.25) is 0 Å². The molecule has 0 aliphatic rings. The summed E-state index contributed by atoms with van der Waals surface area (Å²) in [7, 11) is 0. The number of anilines is 1. The zero-order chi connectivity index (χ0) is 12.5. The monoisotopic (exact) mass is 236 g/mol. The largest absolute Gasteiger partial charge is 0.377 e. The summed E-state index contributed by atoms with van der Waals surface area (Å²) in [6.45, 7) is 9.01. The summed E-state index contributed by atoms with van der Waals surface area (Å²) in [5, 5.41) is 3.25. The Morgan fingerprint density at radius 3 is 2.76 bits per heavy atom. The minimum atomic E-state index is 0.660. The smallest absolute Gasteiger partial charge is 0.125 e. The average Bonchev–Trinajstić information content (AvgIpc) is 2.33. The molecule has 0 saturated carbocycles. The number of aromatic nitrogens is 1. The van der Waals surface area contributed by atoms with Crippen molar-refractivity contribution in [2.45, 2.75) is 40.2 Å². The maximum atomic E-state index is 5.59. The molecule has 0 aliphatic carbocycles. The van der Waals surface area contributed by atoms with E-state index in [0.717, 1.165) is 37.4 Å². The van der Waals surface area contributed by atoms with Crippen molar-refractivity contribution >= 4 is 5.82 Å². The molecule has 1 N–H and O–H groups in total. The van der Waals surface area contributed by atoms with Gasteiger partial charge in [0.2, 0.25) is 0 Å². The number of ether oxygens (including phenoxy) is 1. The quantitative estimate of drug-likeness (QED) is 0.702. The van der Waals surface area contributed by atoms with Crippen molar-refractivity contribution in [2.75, 3.05) is 18.5 Å². The third-order valence-corrected chi connectivity index (χ3v) is 2.49. The Bertz CT molecular complexity index is 296. The van der Waals surface area contributed by atoms with Crippen molar-refractivity contribution in [3.63, 3.8) is 0 Å². The first-order valence-corrected chi connectivity index (χ1v) is 6.49. The fourth-order valence-corrected chi connectivity index (χ4v) is 1.38. The molecule has 0 aliphatic heterocycles. The molecule has 0 unspecified atom stereocenters. The molecule has 1 heterocycles. The number of hydrogen-bond acceptors (Lipinski definition) is 3. The van der Waals surface area contributed by atoms with E-state index in [2.05, 4.69) is 37.1 Å². The van der Waals surface area contributed by atoms with E-state index in [-0.39, 0.29) is 0 Å². The lowest BCUT2D eigenvalue weighted by atomic mass is 10.1. The van der Waals surface area contributed by atoms with Crippen LogP contribution in [0, 0.1) is 5.92 Å². The summed E-state index contributed by atoms with van der Waals surface area (Å²) in [6, 6.07) is 4.08. The van der Waals surface area contributed by atoms with Crippen molar-refractivity contribution in [2.24, 2.45) is 5.92 Å². The predicted molar refractivity (Wildman–Crippen MR) is 72.1 cm³/mol. The average molecular weight is 236 g/mol. The molecule has 0 bridgehead atoms. The Balaban J connectivity index is 2.25. The van der Waals surface area contributed by atoms with E-state index in [9.17, 15) is 0 Å². The van der Waals surface area contributed by atoms with Gasteiger partial charge in [-0.05, 0) is 30.4 Å². The second-order valence-electron chi connectivity index (χ2n) is 4.71. The normalized spacial score (nSPS) is 10.8. The first kappa shape index (κ1) is 14.0. The molecule has 96 valence electrons. The van der Waals surface area contributed by atoms with Crippen LogP contribution in [0.25, 0.3) is 0 Å². The van der Waals surface area contributed by atoms with Crippen LogP contribution in [0.4, 0.5) is 5.82 Å². The fourth-order valence-electron chi connectivity index (χ4n) is 1.38. The van der Waals surface area contributed by atoms with Gasteiger partial charge in [-0.3, -0.25) is 0 Å². The fraction of sp³-hybridized carbons (Fsp3) is 0.643. The predicted octanol–water partition coefficient (Wildman–Crippen LogP) is 3.47. The first-order chi connectivity index (χ1) is 8.22. The van der Waals surface area contributed by atoms with Gasteiger partial charge in [-0.25, -0.2) is 4.98 Å². The first-order valence-electron chi connectivity index (χ1n) is 6.49. The van der Waals surface area contributed by atoms with Crippen LogP contribution in [-0.4, -0.2) is 18.1 Å². The highest BCUT2D eigenvalue weighted by atomic mass is 16.5. The molecule has 3 heteroatoms. The van der Waals surface area contributed by atoms with Gasteiger partial charge < -0.3 is 10.1 Å².